The fourth-order valence-corrected chi connectivity index (χ4v) is 3.84. The van der Waals surface area contributed by atoms with Gasteiger partial charge in [0.1, 0.15) is 11.6 Å². The standard InChI is InChI=1S/C11H17N3O2S/c1-2-3-9-6-10(12)14-11(13-9)8-4-5-17(15,16)7-8/h6,8H,2-5,7H2,1H3,(H2,12,13,14). The summed E-state index contributed by atoms with van der Waals surface area (Å²) in [4.78, 5) is 8.58. The number of hydrogen-bond acceptors (Lipinski definition) is 5. The van der Waals surface area contributed by atoms with Crippen molar-refractivity contribution in [3.05, 3.63) is 17.6 Å². The van der Waals surface area contributed by atoms with Crippen LogP contribution >= 0.6 is 0 Å². The molecule has 2 N–H and O–H groups in total. The number of nitrogens with zero attached hydrogens (tertiary/aromatic N) is 2. The molecule has 1 unspecified atom stereocenters. The molecule has 94 valence electrons. The Morgan fingerprint density at radius 1 is 1.47 bits per heavy atom. The van der Waals surface area contributed by atoms with Gasteiger partial charge in [0.2, 0.25) is 0 Å². The topological polar surface area (TPSA) is 85.9 Å². The van der Waals surface area contributed by atoms with Gasteiger partial charge in [-0.05, 0) is 12.8 Å². The predicted octanol–water partition coefficient (Wildman–Crippen LogP) is 0.913. The van der Waals surface area contributed by atoms with E-state index in [-0.39, 0.29) is 17.4 Å². The third-order valence-electron chi connectivity index (χ3n) is 2.92. The van der Waals surface area contributed by atoms with E-state index in [0.29, 0.717) is 18.1 Å². The van der Waals surface area contributed by atoms with E-state index in [1.165, 1.54) is 0 Å². The Labute approximate surface area is 101 Å². The summed E-state index contributed by atoms with van der Waals surface area (Å²) >= 11 is 0. The summed E-state index contributed by atoms with van der Waals surface area (Å²) < 4.78 is 22.8. The van der Waals surface area contributed by atoms with Crippen molar-refractivity contribution in [2.45, 2.75) is 32.1 Å². The quantitative estimate of drug-likeness (QED) is 0.867. The van der Waals surface area contributed by atoms with Crippen LogP contribution in [0.5, 0.6) is 0 Å². The summed E-state index contributed by atoms with van der Waals surface area (Å²) in [5.41, 5.74) is 6.63. The van der Waals surface area contributed by atoms with Crippen LogP contribution in [0.15, 0.2) is 6.07 Å². The minimum Gasteiger partial charge on any atom is -0.384 e. The maximum atomic E-state index is 11.4. The molecule has 1 aliphatic heterocycles. The van der Waals surface area contributed by atoms with Crippen molar-refractivity contribution >= 4 is 15.7 Å². The van der Waals surface area contributed by atoms with Crippen LogP contribution in [0.3, 0.4) is 0 Å². The van der Waals surface area contributed by atoms with Crippen LogP contribution in [0.1, 0.15) is 37.2 Å². The monoisotopic (exact) mass is 255 g/mol. The minimum atomic E-state index is -2.90. The highest BCUT2D eigenvalue weighted by atomic mass is 32.2. The van der Waals surface area contributed by atoms with E-state index in [2.05, 4.69) is 16.9 Å². The fourth-order valence-electron chi connectivity index (χ4n) is 2.11. The number of rotatable bonds is 3. The smallest absolute Gasteiger partial charge is 0.151 e. The molecular weight excluding hydrogens is 238 g/mol. The van der Waals surface area contributed by atoms with Crippen LogP contribution in [-0.2, 0) is 16.3 Å². The first kappa shape index (κ1) is 12.3. The molecule has 1 aromatic heterocycles. The Bertz CT molecular complexity index is 513. The average Bonchev–Trinajstić information content (AvgIpc) is 2.58. The van der Waals surface area contributed by atoms with Gasteiger partial charge in [-0.1, -0.05) is 13.3 Å². The number of aromatic nitrogens is 2. The molecule has 17 heavy (non-hydrogen) atoms. The van der Waals surface area contributed by atoms with Gasteiger partial charge in [-0.2, -0.15) is 0 Å². The van der Waals surface area contributed by atoms with Gasteiger partial charge in [0.25, 0.3) is 0 Å². The molecule has 1 aliphatic rings. The van der Waals surface area contributed by atoms with Gasteiger partial charge in [-0.25, -0.2) is 18.4 Å². The molecule has 2 rings (SSSR count). The molecule has 1 saturated heterocycles. The summed E-state index contributed by atoms with van der Waals surface area (Å²) in [6, 6.07) is 1.76. The second kappa shape index (κ2) is 4.60. The van der Waals surface area contributed by atoms with Crippen molar-refractivity contribution in [2.75, 3.05) is 17.2 Å². The Morgan fingerprint density at radius 3 is 2.82 bits per heavy atom. The first-order valence-electron chi connectivity index (χ1n) is 5.84. The van der Waals surface area contributed by atoms with Crippen LogP contribution < -0.4 is 5.73 Å². The maximum Gasteiger partial charge on any atom is 0.151 e. The van der Waals surface area contributed by atoms with Gasteiger partial charge in [0.05, 0.1) is 11.5 Å². The van der Waals surface area contributed by atoms with Gasteiger partial charge in [-0.3, -0.25) is 0 Å². The highest BCUT2D eigenvalue weighted by Gasteiger charge is 2.31. The lowest BCUT2D eigenvalue weighted by Gasteiger charge is -2.09. The van der Waals surface area contributed by atoms with Crippen LogP contribution in [-0.4, -0.2) is 29.9 Å². The second-order valence-electron chi connectivity index (χ2n) is 4.49. The zero-order chi connectivity index (χ0) is 12.5. The van der Waals surface area contributed by atoms with E-state index in [0.717, 1.165) is 18.5 Å². The maximum absolute atomic E-state index is 11.4. The lowest BCUT2D eigenvalue weighted by molar-refractivity contribution is 0.601. The molecule has 2 heterocycles. The second-order valence-corrected chi connectivity index (χ2v) is 6.72. The van der Waals surface area contributed by atoms with Gasteiger partial charge < -0.3 is 5.73 Å². The van der Waals surface area contributed by atoms with Crippen molar-refractivity contribution in [2.24, 2.45) is 0 Å². The zero-order valence-electron chi connectivity index (χ0n) is 9.89. The highest BCUT2D eigenvalue weighted by Crippen LogP contribution is 2.27. The molecule has 0 amide bonds. The van der Waals surface area contributed by atoms with E-state index < -0.39 is 9.84 Å². The van der Waals surface area contributed by atoms with E-state index in [9.17, 15) is 8.42 Å². The largest absolute Gasteiger partial charge is 0.384 e. The van der Waals surface area contributed by atoms with Crippen LogP contribution in [0.2, 0.25) is 0 Å². The molecular formula is C11H17N3O2S. The van der Waals surface area contributed by atoms with Crippen LogP contribution in [0.25, 0.3) is 0 Å². The van der Waals surface area contributed by atoms with Crippen molar-refractivity contribution in [3.8, 4) is 0 Å². The lowest BCUT2D eigenvalue weighted by Crippen LogP contribution is -2.10. The Balaban J connectivity index is 2.27. The molecule has 0 aromatic carbocycles. The zero-order valence-corrected chi connectivity index (χ0v) is 10.7. The first-order valence-corrected chi connectivity index (χ1v) is 7.66. The number of nitrogens with two attached hydrogens (primary N) is 1. The van der Waals surface area contributed by atoms with Gasteiger partial charge in [0, 0.05) is 17.7 Å². The van der Waals surface area contributed by atoms with Gasteiger partial charge in [-0.15, -0.1) is 0 Å². The number of aryl methyl sites for hydroxylation is 1. The summed E-state index contributed by atoms with van der Waals surface area (Å²) in [6.07, 6.45) is 2.44. The van der Waals surface area contributed by atoms with E-state index >= 15 is 0 Å². The molecule has 1 atom stereocenters. The summed E-state index contributed by atoms with van der Waals surface area (Å²) in [6.45, 7) is 2.07. The lowest BCUT2D eigenvalue weighted by atomic mass is 10.1. The van der Waals surface area contributed by atoms with E-state index in [1.807, 2.05) is 0 Å². The Kier molecular flexibility index (Phi) is 3.33. The molecule has 1 aromatic rings. The van der Waals surface area contributed by atoms with Gasteiger partial charge in [0.15, 0.2) is 9.84 Å². The summed E-state index contributed by atoms with van der Waals surface area (Å²) in [7, 11) is -2.90. The van der Waals surface area contributed by atoms with Crippen molar-refractivity contribution in [3.63, 3.8) is 0 Å². The fraction of sp³-hybridized carbons (Fsp3) is 0.636. The van der Waals surface area contributed by atoms with E-state index in [4.69, 9.17) is 5.73 Å². The number of sulfone groups is 1. The molecule has 0 saturated carbocycles. The minimum absolute atomic E-state index is 0.0842. The average molecular weight is 255 g/mol. The van der Waals surface area contributed by atoms with Gasteiger partial charge >= 0.3 is 0 Å². The van der Waals surface area contributed by atoms with Crippen molar-refractivity contribution in [1.82, 2.24) is 9.97 Å². The third kappa shape index (κ3) is 2.94. The van der Waals surface area contributed by atoms with E-state index in [1.54, 1.807) is 6.07 Å². The number of anilines is 1. The number of hydrogen-bond donors (Lipinski definition) is 1. The first-order chi connectivity index (χ1) is 8.00. The Hall–Kier alpha value is -1.17. The van der Waals surface area contributed by atoms with Crippen molar-refractivity contribution in [1.29, 1.82) is 0 Å². The SMILES string of the molecule is CCCc1cc(N)nc(C2CCS(=O)(=O)C2)n1. The van der Waals surface area contributed by atoms with Crippen LogP contribution in [0, 0.1) is 0 Å². The molecule has 0 radical (unpaired) electrons. The number of nitrogen functional groups attached to an aromatic ring is 1. The molecule has 0 spiro atoms. The molecule has 5 nitrogen and oxygen atoms in total. The highest BCUT2D eigenvalue weighted by molar-refractivity contribution is 7.91. The molecule has 0 bridgehead atoms. The Morgan fingerprint density at radius 2 is 2.24 bits per heavy atom. The van der Waals surface area contributed by atoms with Crippen molar-refractivity contribution < 1.29 is 8.42 Å². The summed E-state index contributed by atoms with van der Waals surface area (Å²) in [5, 5.41) is 0. The predicted molar refractivity (Wildman–Crippen MR) is 66.5 cm³/mol. The molecule has 0 aliphatic carbocycles. The normalized spacial score (nSPS) is 22.8. The third-order valence-corrected chi connectivity index (χ3v) is 4.69. The molecule has 1 fully saturated rings. The van der Waals surface area contributed by atoms with Crippen LogP contribution in [0.4, 0.5) is 5.82 Å². The summed E-state index contributed by atoms with van der Waals surface area (Å²) in [5.74, 6) is 1.33. The molecule has 6 heteroatoms.